The van der Waals surface area contributed by atoms with Crippen LogP contribution in [0, 0.1) is 0 Å². The van der Waals surface area contributed by atoms with E-state index in [2.05, 4.69) is 48.1 Å². The maximum Gasteiger partial charge on any atom is 0.310 e. The average molecular weight is 445 g/mol. The Morgan fingerprint density at radius 3 is 1.97 bits per heavy atom. The van der Waals surface area contributed by atoms with E-state index < -0.39 is 11.9 Å². The van der Waals surface area contributed by atoms with Crippen molar-refractivity contribution < 1.29 is 9.90 Å². The van der Waals surface area contributed by atoms with Crippen molar-refractivity contribution in [3.8, 4) is 22.5 Å². The molecule has 3 aromatic rings. The normalized spacial score (nSPS) is 11.9. The summed E-state index contributed by atoms with van der Waals surface area (Å²) in [7, 11) is 0. The van der Waals surface area contributed by atoms with Gasteiger partial charge in [-0.15, -0.1) is 0 Å². The fourth-order valence-electron chi connectivity index (χ4n) is 4.14. The summed E-state index contributed by atoms with van der Waals surface area (Å²) < 4.78 is 0. The summed E-state index contributed by atoms with van der Waals surface area (Å²) in [6.07, 6.45) is 13.6. The topological polar surface area (TPSA) is 63.1 Å². The van der Waals surface area contributed by atoms with Crippen LogP contribution in [0.5, 0.6) is 0 Å². The molecule has 0 bridgehead atoms. The van der Waals surface area contributed by atoms with E-state index >= 15 is 0 Å². The summed E-state index contributed by atoms with van der Waals surface area (Å²) in [6.45, 7) is 4.38. The van der Waals surface area contributed by atoms with Crippen LogP contribution in [-0.4, -0.2) is 21.0 Å². The number of aromatic nitrogens is 2. The lowest BCUT2D eigenvalue weighted by molar-refractivity contribution is -0.139. The molecule has 1 aromatic heterocycles. The lowest BCUT2D eigenvalue weighted by Gasteiger charge is -2.13. The van der Waals surface area contributed by atoms with E-state index in [1.807, 2.05) is 36.7 Å². The van der Waals surface area contributed by atoms with Gasteiger partial charge in [0.2, 0.25) is 0 Å². The SMILES string of the molecule is CCCCCCC(C(=O)O)c1ccc(-c2cnc(-c3ccc(CCCCC)cc3)nc2)cc1. The molecule has 0 aliphatic heterocycles. The number of carbonyl (C=O) groups is 1. The molecule has 0 aliphatic carbocycles. The standard InChI is InChI=1S/C29H36N2O2/c1-3-5-7-9-11-27(29(32)33)24-18-16-23(17-19-24)26-20-30-28(31-21-26)25-14-12-22(13-15-25)10-8-6-4-2/h12-21,27H,3-11H2,1-2H3,(H,32,33). The zero-order valence-electron chi connectivity index (χ0n) is 20.0. The van der Waals surface area contributed by atoms with Crippen molar-refractivity contribution in [3.63, 3.8) is 0 Å². The number of nitrogens with zero attached hydrogens (tertiary/aromatic N) is 2. The first-order valence-electron chi connectivity index (χ1n) is 12.4. The molecule has 4 heteroatoms. The lowest BCUT2D eigenvalue weighted by Crippen LogP contribution is -2.11. The van der Waals surface area contributed by atoms with Gasteiger partial charge in [-0.05, 0) is 36.0 Å². The van der Waals surface area contributed by atoms with Crippen molar-refractivity contribution in [2.45, 2.75) is 77.6 Å². The Morgan fingerprint density at radius 1 is 0.758 bits per heavy atom. The van der Waals surface area contributed by atoms with Crippen molar-refractivity contribution in [3.05, 3.63) is 72.1 Å². The molecule has 0 fully saturated rings. The van der Waals surface area contributed by atoms with E-state index in [4.69, 9.17) is 0 Å². The Balaban J connectivity index is 1.65. The molecule has 0 spiro atoms. The molecule has 0 saturated heterocycles. The molecule has 0 saturated carbocycles. The maximum atomic E-state index is 11.8. The van der Waals surface area contributed by atoms with Crippen molar-refractivity contribution in [1.29, 1.82) is 0 Å². The smallest absolute Gasteiger partial charge is 0.310 e. The fourth-order valence-corrected chi connectivity index (χ4v) is 4.14. The third-order valence-corrected chi connectivity index (χ3v) is 6.22. The number of carboxylic acid groups (broad SMARTS) is 1. The van der Waals surface area contributed by atoms with E-state index in [-0.39, 0.29) is 0 Å². The van der Waals surface area contributed by atoms with Gasteiger partial charge >= 0.3 is 5.97 Å². The van der Waals surface area contributed by atoms with Crippen molar-refractivity contribution in [2.75, 3.05) is 0 Å². The van der Waals surface area contributed by atoms with Crippen LogP contribution in [0.2, 0.25) is 0 Å². The quantitative estimate of drug-likeness (QED) is 0.275. The summed E-state index contributed by atoms with van der Waals surface area (Å²) in [5, 5.41) is 9.66. The van der Waals surface area contributed by atoms with E-state index in [9.17, 15) is 9.90 Å². The van der Waals surface area contributed by atoms with Gasteiger partial charge in [-0.2, -0.15) is 0 Å². The highest BCUT2D eigenvalue weighted by molar-refractivity contribution is 5.76. The third kappa shape index (κ3) is 7.24. The number of hydrogen-bond donors (Lipinski definition) is 1. The molecule has 0 radical (unpaired) electrons. The van der Waals surface area contributed by atoms with Crippen LogP contribution < -0.4 is 0 Å². The zero-order chi connectivity index (χ0) is 23.5. The Kier molecular flexibility index (Phi) is 9.61. The Morgan fingerprint density at radius 2 is 1.36 bits per heavy atom. The summed E-state index contributed by atoms with van der Waals surface area (Å²) in [4.78, 5) is 20.9. The first-order valence-corrected chi connectivity index (χ1v) is 12.4. The van der Waals surface area contributed by atoms with Crippen LogP contribution in [0.25, 0.3) is 22.5 Å². The second-order valence-corrected chi connectivity index (χ2v) is 8.81. The van der Waals surface area contributed by atoms with Gasteiger partial charge in [0.25, 0.3) is 0 Å². The summed E-state index contributed by atoms with van der Waals surface area (Å²) >= 11 is 0. The summed E-state index contributed by atoms with van der Waals surface area (Å²) in [6, 6.07) is 16.3. The van der Waals surface area contributed by atoms with Crippen LogP contribution in [0.15, 0.2) is 60.9 Å². The third-order valence-electron chi connectivity index (χ3n) is 6.22. The predicted octanol–water partition coefficient (Wildman–Crippen LogP) is 7.68. The van der Waals surface area contributed by atoms with Gasteiger partial charge in [-0.3, -0.25) is 4.79 Å². The van der Waals surface area contributed by atoms with Crippen molar-refractivity contribution in [2.24, 2.45) is 0 Å². The van der Waals surface area contributed by atoms with Gasteiger partial charge in [-0.1, -0.05) is 101 Å². The molecule has 2 aromatic carbocycles. The molecule has 0 aliphatic rings. The number of aliphatic carboxylic acids is 1. The van der Waals surface area contributed by atoms with Crippen molar-refractivity contribution in [1.82, 2.24) is 9.97 Å². The molecule has 3 rings (SSSR count). The average Bonchev–Trinajstić information content (AvgIpc) is 2.85. The Hall–Kier alpha value is -3.01. The van der Waals surface area contributed by atoms with Gasteiger partial charge in [0, 0.05) is 23.5 Å². The van der Waals surface area contributed by atoms with Crippen LogP contribution >= 0.6 is 0 Å². The maximum absolute atomic E-state index is 11.8. The number of aryl methyl sites for hydroxylation is 1. The van der Waals surface area contributed by atoms with Crippen LogP contribution in [-0.2, 0) is 11.2 Å². The minimum Gasteiger partial charge on any atom is -0.481 e. The molecule has 4 nitrogen and oxygen atoms in total. The number of unbranched alkanes of at least 4 members (excludes halogenated alkanes) is 5. The zero-order valence-corrected chi connectivity index (χ0v) is 20.0. The highest BCUT2D eigenvalue weighted by Crippen LogP contribution is 2.27. The lowest BCUT2D eigenvalue weighted by atomic mass is 9.92. The predicted molar refractivity (Wildman–Crippen MR) is 135 cm³/mol. The molecular formula is C29H36N2O2. The van der Waals surface area contributed by atoms with E-state index in [1.54, 1.807) is 0 Å². The van der Waals surface area contributed by atoms with Gasteiger partial charge in [0.1, 0.15) is 0 Å². The highest BCUT2D eigenvalue weighted by atomic mass is 16.4. The number of rotatable bonds is 13. The van der Waals surface area contributed by atoms with E-state index in [1.165, 1.54) is 24.8 Å². The largest absolute Gasteiger partial charge is 0.481 e. The van der Waals surface area contributed by atoms with E-state index in [0.717, 1.165) is 54.4 Å². The molecule has 1 N–H and O–H groups in total. The minimum absolute atomic E-state index is 0.445. The number of benzene rings is 2. The summed E-state index contributed by atoms with van der Waals surface area (Å²) in [5.41, 5.74) is 5.15. The first kappa shape index (κ1) is 24.6. The molecular weight excluding hydrogens is 408 g/mol. The van der Waals surface area contributed by atoms with Gasteiger partial charge < -0.3 is 5.11 Å². The molecule has 1 atom stereocenters. The summed E-state index contributed by atoms with van der Waals surface area (Å²) in [5.74, 6) is -0.476. The monoisotopic (exact) mass is 444 g/mol. The van der Waals surface area contributed by atoms with Crippen molar-refractivity contribution >= 4 is 5.97 Å². The van der Waals surface area contributed by atoms with E-state index in [0.29, 0.717) is 12.2 Å². The number of carboxylic acids is 1. The first-order chi connectivity index (χ1) is 16.1. The molecule has 1 heterocycles. The second kappa shape index (κ2) is 12.9. The Bertz CT molecular complexity index is 980. The minimum atomic E-state index is -0.747. The fraction of sp³-hybridized carbons (Fsp3) is 0.414. The highest BCUT2D eigenvalue weighted by Gasteiger charge is 2.19. The van der Waals surface area contributed by atoms with Gasteiger partial charge in [-0.25, -0.2) is 9.97 Å². The number of hydrogen-bond acceptors (Lipinski definition) is 3. The molecule has 0 amide bonds. The molecule has 174 valence electrons. The van der Waals surface area contributed by atoms with Crippen LogP contribution in [0.1, 0.15) is 82.3 Å². The Labute approximate surface area is 198 Å². The molecule has 1 unspecified atom stereocenters. The second-order valence-electron chi connectivity index (χ2n) is 8.81. The van der Waals surface area contributed by atoms with Gasteiger partial charge in [0.05, 0.1) is 5.92 Å². The van der Waals surface area contributed by atoms with Crippen LogP contribution in [0.4, 0.5) is 0 Å². The molecule has 33 heavy (non-hydrogen) atoms. The van der Waals surface area contributed by atoms with Crippen LogP contribution in [0.3, 0.4) is 0 Å². The van der Waals surface area contributed by atoms with Gasteiger partial charge in [0.15, 0.2) is 5.82 Å².